The zero-order valence-corrected chi connectivity index (χ0v) is 46.1. The highest BCUT2D eigenvalue weighted by atomic mass is 19.1. The molecule has 19 heteroatoms. The number of amides is 3. The van der Waals surface area contributed by atoms with Gasteiger partial charge in [-0.05, 0) is 132 Å². The van der Waals surface area contributed by atoms with Crippen molar-refractivity contribution in [3.8, 4) is 29.6 Å². The van der Waals surface area contributed by atoms with E-state index in [0.717, 1.165) is 122 Å². The molecule has 3 aromatic heterocycles. The van der Waals surface area contributed by atoms with Crippen LogP contribution in [0.4, 0.5) is 24.7 Å². The van der Waals surface area contributed by atoms with Crippen LogP contribution in [-0.4, -0.2) is 144 Å². The molecule has 0 bridgehead atoms. The third kappa shape index (κ3) is 10.8. The minimum Gasteiger partial charge on any atom is -0.461 e. The van der Waals surface area contributed by atoms with Crippen molar-refractivity contribution in [2.24, 2.45) is 18.9 Å². The number of piperidine rings is 3. The number of hydrogen-bond acceptors (Lipinski definition) is 13. The number of hydrogen-bond donors (Lipinski definition) is 1. The number of aryl methyl sites for hydroxylation is 2. The maximum Gasteiger partial charge on any atom is 0.319 e. The first kappa shape index (κ1) is 55.0. The Labute approximate surface area is 464 Å². The lowest BCUT2D eigenvalue weighted by Gasteiger charge is -2.37. The summed E-state index contributed by atoms with van der Waals surface area (Å²) in [6, 6.07) is 12.0. The van der Waals surface area contributed by atoms with E-state index in [-0.39, 0.29) is 58.4 Å². The highest BCUT2D eigenvalue weighted by molar-refractivity contribution is 6.04. The molecular weight excluding hydrogens is 1030 g/mol. The smallest absolute Gasteiger partial charge is 0.319 e. The number of carbonyl (C=O) groups is 3. The van der Waals surface area contributed by atoms with Crippen molar-refractivity contribution in [3.05, 3.63) is 76.9 Å². The molecule has 10 heterocycles. The van der Waals surface area contributed by atoms with Crippen LogP contribution >= 0.6 is 0 Å². The fourth-order valence-electron chi connectivity index (χ4n) is 13.8. The number of rotatable bonds is 9. The van der Waals surface area contributed by atoms with Crippen LogP contribution in [0, 0.1) is 41.6 Å². The van der Waals surface area contributed by atoms with Gasteiger partial charge in [0.15, 0.2) is 5.82 Å². The second kappa shape index (κ2) is 23.7. The summed E-state index contributed by atoms with van der Waals surface area (Å²) in [6.45, 7) is 8.00. The molecule has 7 aliphatic rings. The number of fused-ring (bicyclic) bond motifs is 5. The molecule has 1 N–H and O–H groups in total. The first-order valence-electron chi connectivity index (χ1n) is 28.6. The van der Waals surface area contributed by atoms with Gasteiger partial charge in [-0.15, -0.1) is 6.42 Å². The van der Waals surface area contributed by atoms with Crippen molar-refractivity contribution < 1.29 is 41.8 Å². The van der Waals surface area contributed by atoms with E-state index in [1.54, 1.807) is 31.0 Å². The molecule has 6 aromatic rings. The van der Waals surface area contributed by atoms with Gasteiger partial charge in [0, 0.05) is 83.4 Å². The maximum absolute atomic E-state index is 16.9. The molecule has 0 aliphatic carbocycles. The summed E-state index contributed by atoms with van der Waals surface area (Å²) in [5.74, 6) is 1.88. The third-order valence-corrected chi connectivity index (χ3v) is 17.9. The monoisotopic (exact) mass is 1100 g/mol. The van der Waals surface area contributed by atoms with Gasteiger partial charge in [-0.25, -0.2) is 18.2 Å². The summed E-state index contributed by atoms with van der Waals surface area (Å²) in [6.07, 6.45) is 19.5. The lowest BCUT2D eigenvalue weighted by Crippen LogP contribution is -2.43. The van der Waals surface area contributed by atoms with Gasteiger partial charge in [0.2, 0.25) is 18.2 Å². The molecule has 0 spiro atoms. The van der Waals surface area contributed by atoms with E-state index in [4.69, 9.17) is 30.8 Å². The van der Waals surface area contributed by atoms with Crippen LogP contribution < -0.4 is 19.9 Å². The fourth-order valence-corrected chi connectivity index (χ4v) is 13.8. The summed E-state index contributed by atoms with van der Waals surface area (Å²) < 4.78 is 65.4. The number of pyridine rings is 1. The average Bonchev–Trinajstić information content (AvgIpc) is 4.08. The number of likely N-dealkylation sites (tertiary alicyclic amines) is 1. The van der Waals surface area contributed by atoms with Crippen molar-refractivity contribution in [3.63, 3.8) is 0 Å². The second-order valence-electron chi connectivity index (χ2n) is 22.8. The Morgan fingerprint density at radius 3 is 2.34 bits per heavy atom. The molecule has 7 aliphatic heterocycles. The lowest BCUT2D eigenvalue weighted by molar-refractivity contribution is -0.134. The van der Waals surface area contributed by atoms with Gasteiger partial charge < -0.3 is 28.9 Å². The van der Waals surface area contributed by atoms with Gasteiger partial charge in [0.05, 0.1) is 57.6 Å². The Morgan fingerprint density at radius 1 is 0.863 bits per heavy atom. The Bertz CT molecular complexity index is 3340. The van der Waals surface area contributed by atoms with Gasteiger partial charge in [-0.3, -0.25) is 29.3 Å². The molecular formula is C61H71F3N10O6. The van der Waals surface area contributed by atoms with Crippen LogP contribution in [0.15, 0.2) is 42.5 Å². The fraction of sp³-hybridized carbons (Fsp3) is 0.525. The van der Waals surface area contributed by atoms with Crippen molar-refractivity contribution in [1.29, 1.82) is 0 Å². The number of terminal acetylenes is 1. The summed E-state index contributed by atoms with van der Waals surface area (Å²) in [5.41, 5.74) is 3.44. The molecule has 16 nitrogen and oxygen atoms in total. The molecule has 0 saturated carbocycles. The summed E-state index contributed by atoms with van der Waals surface area (Å²) in [7, 11) is 5.06. The Hall–Kier alpha value is -6.88. The summed E-state index contributed by atoms with van der Waals surface area (Å²) >= 11 is 0. The van der Waals surface area contributed by atoms with Crippen LogP contribution in [0.25, 0.3) is 43.8 Å². The number of imide groups is 1. The largest absolute Gasteiger partial charge is 0.461 e. The van der Waals surface area contributed by atoms with Crippen molar-refractivity contribution in [1.82, 2.24) is 39.8 Å². The van der Waals surface area contributed by atoms with E-state index >= 15 is 8.78 Å². The predicted molar refractivity (Wildman–Crippen MR) is 300 cm³/mol. The van der Waals surface area contributed by atoms with E-state index in [9.17, 15) is 18.8 Å². The zero-order chi connectivity index (χ0) is 55.7. The molecule has 6 fully saturated rings. The number of nitrogens with zero attached hydrogens (tertiary/aromatic N) is 9. The lowest BCUT2D eigenvalue weighted by atomic mass is 9.83. The van der Waals surface area contributed by atoms with E-state index in [0.29, 0.717) is 94.5 Å². The van der Waals surface area contributed by atoms with E-state index in [1.807, 2.05) is 30.1 Å². The van der Waals surface area contributed by atoms with Crippen LogP contribution in [0.5, 0.6) is 6.01 Å². The topological polar surface area (TPSA) is 160 Å². The van der Waals surface area contributed by atoms with Crippen LogP contribution in [0.1, 0.15) is 106 Å². The van der Waals surface area contributed by atoms with Gasteiger partial charge in [-0.2, -0.15) is 15.1 Å². The van der Waals surface area contributed by atoms with E-state index < -0.39 is 17.6 Å². The number of anilines is 2. The molecule has 3 aromatic carbocycles. The predicted octanol–water partition coefficient (Wildman–Crippen LogP) is 8.62. The van der Waals surface area contributed by atoms with E-state index in [1.165, 1.54) is 18.6 Å². The Balaban J connectivity index is 0.000000165. The van der Waals surface area contributed by atoms with Crippen molar-refractivity contribution in [2.75, 3.05) is 89.7 Å². The minimum atomic E-state index is -0.585. The highest BCUT2D eigenvalue weighted by Gasteiger charge is 2.45. The molecule has 0 radical (unpaired) electrons. The molecule has 13 rings (SSSR count). The standard InChI is InChI=1S/C34H33F2N5O2.C25H32FN5O3.C2H6O/c1-2-23-25(35)11-9-21-7-3-8-24(27(21)23)30-29(36)31-28-26(37-30)12-10-22-19-42-18-6-17-41(22)32(28)39-33(38-31)43-20-34-13-4-15-40(34)16-5-14-34;1-29-21-14-22(20(26)13-19(21)24(28-29)18-2-3-23(33)27-25(18)34)31-10-6-17(7-11-31)12-16-4-8-30(15-32)9-5-16;1-3-2/h1,3,7-9,11,22H,4-6,10,12-20H2;13-18H,2-12H2,1H3,(H,27,33,34);1-2H3. The number of ether oxygens (including phenoxy) is 3. The van der Waals surface area contributed by atoms with E-state index in [2.05, 4.69) is 35.8 Å². The molecule has 6 saturated heterocycles. The quantitative estimate of drug-likeness (QED) is 0.0834. The number of benzene rings is 3. The first-order chi connectivity index (χ1) is 38.9. The average molecular weight is 1100 g/mol. The normalized spacial score (nSPS) is 21.4. The van der Waals surface area contributed by atoms with Crippen molar-refractivity contribution in [2.45, 2.75) is 107 Å². The summed E-state index contributed by atoms with van der Waals surface area (Å²) in [4.78, 5) is 58.2. The molecule has 2 unspecified atom stereocenters. The number of halogens is 3. The number of carbonyl (C=O) groups excluding carboxylic acids is 3. The molecule has 2 atom stereocenters. The SMILES string of the molecule is C#Cc1c(F)ccc2cccc(-c3nc4c5c(nc(OCC67CCCN6CCC7)nc5c3F)N3CCCOCC3CC4)c12.COC.Cn1nc(C2CCC(=O)NC2=O)c2cc(F)c(N3CCC(CC4CCN(C=O)CC4)CC3)cc21. The number of aromatic nitrogens is 5. The number of nitrogens with one attached hydrogen (secondary N) is 1. The second-order valence-corrected chi connectivity index (χ2v) is 22.8. The van der Waals surface area contributed by atoms with Gasteiger partial charge in [0.25, 0.3) is 0 Å². The molecule has 422 valence electrons. The molecule has 3 amide bonds. The minimum absolute atomic E-state index is 0.00280. The first-order valence-corrected chi connectivity index (χ1v) is 28.6. The van der Waals surface area contributed by atoms with Gasteiger partial charge in [0.1, 0.15) is 35.3 Å². The maximum atomic E-state index is 16.9. The zero-order valence-electron chi connectivity index (χ0n) is 46.1. The van der Waals surface area contributed by atoms with Gasteiger partial charge in [-0.1, -0.05) is 30.2 Å². The number of methoxy groups -OCH3 is 1. The van der Waals surface area contributed by atoms with Gasteiger partial charge >= 0.3 is 6.01 Å². The van der Waals surface area contributed by atoms with Crippen molar-refractivity contribution >= 4 is 62.3 Å². The third-order valence-electron chi connectivity index (χ3n) is 17.9. The molecule has 80 heavy (non-hydrogen) atoms. The van der Waals surface area contributed by atoms with Crippen LogP contribution in [0.3, 0.4) is 0 Å². The highest BCUT2D eigenvalue weighted by Crippen LogP contribution is 2.43. The summed E-state index contributed by atoms with van der Waals surface area (Å²) in [5, 5.41) is 9.34. The van der Waals surface area contributed by atoms with Crippen LogP contribution in [0.2, 0.25) is 0 Å². The Morgan fingerprint density at radius 2 is 1.61 bits per heavy atom. The van der Waals surface area contributed by atoms with Crippen LogP contribution in [-0.2, 0) is 37.3 Å². The Kier molecular flexibility index (Phi) is 16.3.